The van der Waals surface area contributed by atoms with Crippen molar-refractivity contribution in [1.82, 2.24) is 5.32 Å². The first kappa shape index (κ1) is 15.4. The quantitative estimate of drug-likeness (QED) is 0.540. The molecule has 0 unspecified atom stereocenters. The summed E-state index contributed by atoms with van der Waals surface area (Å²) in [5.74, 6) is 0.628. The Kier molecular flexibility index (Phi) is 6.65. The molecule has 0 saturated heterocycles. The molecule has 0 amide bonds. The van der Waals surface area contributed by atoms with Crippen molar-refractivity contribution in [3.05, 3.63) is 0 Å². The fraction of sp³-hybridized carbons (Fsp3) is 0.929. The third kappa shape index (κ3) is 5.36. The van der Waals surface area contributed by atoms with Crippen molar-refractivity contribution in [3.63, 3.8) is 0 Å². The number of methoxy groups -OCH3 is 1. The highest BCUT2D eigenvalue weighted by molar-refractivity contribution is 5.69. The van der Waals surface area contributed by atoms with Gasteiger partial charge in [0.25, 0.3) is 0 Å². The van der Waals surface area contributed by atoms with Crippen LogP contribution >= 0.6 is 0 Å². The molecule has 0 bridgehead atoms. The smallest absolute Gasteiger partial charge is 0.305 e. The Hall–Kier alpha value is -0.610. The zero-order valence-electron chi connectivity index (χ0n) is 11.7. The van der Waals surface area contributed by atoms with E-state index in [-0.39, 0.29) is 5.97 Å². The van der Waals surface area contributed by atoms with Crippen LogP contribution in [0.5, 0.6) is 0 Å². The molecule has 0 aromatic rings. The molecule has 0 aromatic heterocycles. The normalized spacial score (nSPS) is 28.1. The van der Waals surface area contributed by atoms with Gasteiger partial charge in [-0.25, -0.2) is 0 Å². The lowest BCUT2D eigenvalue weighted by molar-refractivity contribution is -0.140. The number of carbonyl (C=O) groups excluding carboxylic acids is 1. The van der Waals surface area contributed by atoms with E-state index in [1.165, 1.54) is 13.5 Å². The standard InChI is InChI=1S/C14H27NO3/c1-3-12-6-8-14(17,9-7-12)11-15-10-4-5-13(16)18-2/h12,15,17H,3-11H2,1-2H3. The highest BCUT2D eigenvalue weighted by atomic mass is 16.5. The van der Waals surface area contributed by atoms with Crippen LogP contribution in [0.25, 0.3) is 0 Å². The maximum absolute atomic E-state index is 10.9. The first-order valence-electron chi connectivity index (χ1n) is 7.09. The van der Waals surface area contributed by atoms with Crippen molar-refractivity contribution in [1.29, 1.82) is 0 Å². The van der Waals surface area contributed by atoms with E-state index < -0.39 is 5.60 Å². The molecule has 1 fully saturated rings. The Labute approximate surface area is 110 Å². The molecular formula is C14H27NO3. The van der Waals surface area contributed by atoms with E-state index in [4.69, 9.17) is 0 Å². The zero-order chi connectivity index (χ0) is 13.4. The molecule has 0 aromatic carbocycles. The molecule has 1 aliphatic carbocycles. The average molecular weight is 257 g/mol. The maximum Gasteiger partial charge on any atom is 0.305 e. The molecule has 1 rings (SSSR count). The van der Waals surface area contributed by atoms with E-state index in [0.717, 1.165) is 44.6 Å². The Morgan fingerprint density at radius 2 is 2.11 bits per heavy atom. The van der Waals surface area contributed by atoms with Crippen LogP contribution in [-0.4, -0.2) is 36.9 Å². The van der Waals surface area contributed by atoms with Crippen LogP contribution < -0.4 is 5.32 Å². The second kappa shape index (κ2) is 7.74. The van der Waals surface area contributed by atoms with E-state index in [2.05, 4.69) is 17.0 Å². The molecule has 1 saturated carbocycles. The number of rotatable bonds is 7. The highest BCUT2D eigenvalue weighted by Crippen LogP contribution is 2.33. The number of esters is 1. The van der Waals surface area contributed by atoms with Crippen molar-refractivity contribution in [2.24, 2.45) is 5.92 Å². The second-order valence-corrected chi connectivity index (χ2v) is 5.43. The highest BCUT2D eigenvalue weighted by Gasteiger charge is 2.31. The third-order valence-electron chi connectivity index (χ3n) is 4.03. The van der Waals surface area contributed by atoms with E-state index >= 15 is 0 Å². The van der Waals surface area contributed by atoms with Gasteiger partial charge in [0.1, 0.15) is 0 Å². The summed E-state index contributed by atoms with van der Waals surface area (Å²) < 4.78 is 4.57. The summed E-state index contributed by atoms with van der Waals surface area (Å²) in [4.78, 5) is 10.9. The molecule has 4 heteroatoms. The monoisotopic (exact) mass is 257 g/mol. The van der Waals surface area contributed by atoms with E-state index in [1.807, 2.05) is 0 Å². The molecule has 2 N–H and O–H groups in total. The summed E-state index contributed by atoms with van der Waals surface area (Å²) in [6, 6.07) is 0. The number of nitrogens with one attached hydrogen (secondary N) is 1. The van der Waals surface area contributed by atoms with Gasteiger partial charge in [0.15, 0.2) is 0 Å². The second-order valence-electron chi connectivity index (χ2n) is 5.43. The molecule has 0 radical (unpaired) electrons. The molecule has 18 heavy (non-hydrogen) atoms. The minimum absolute atomic E-state index is 0.168. The molecule has 0 atom stereocenters. The molecule has 0 spiro atoms. The van der Waals surface area contributed by atoms with Gasteiger partial charge < -0.3 is 15.2 Å². The van der Waals surface area contributed by atoms with Crippen molar-refractivity contribution < 1.29 is 14.6 Å². The molecule has 0 heterocycles. The largest absolute Gasteiger partial charge is 0.469 e. The third-order valence-corrected chi connectivity index (χ3v) is 4.03. The Bertz CT molecular complexity index is 247. The van der Waals surface area contributed by atoms with Crippen molar-refractivity contribution >= 4 is 5.97 Å². The zero-order valence-corrected chi connectivity index (χ0v) is 11.7. The lowest BCUT2D eigenvalue weighted by Gasteiger charge is -2.36. The first-order chi connectivity index (χ1) is 8.59. The van der Waals surface area contributed by atoms with Crippen molar-refractivity contribution in [2.75, 3.05) is 20.2 Å². The van der Waals surface area contributed by atoms with Gasteiger partial charge in [0.2, 0.25) is 0 Å². The molecule has 106 valence electrons. The SMILES string of the molecule is CCC1CCC(O)(CNCCCC(=O)OC)CC1. The summed E-state index contributed by atoms with van der Waals surface area (Å²) in [5, 5.41) is 13.6. The maximum atomic E-state index is 10.9. The number of carbonyl (C=O) groups is 1. The van der Waals surface area contributed by atoms with Crippen molar-refractivity contribution in [2.45, 2.75) is 57.5 Å². The van der Waals surface area contributed by atoms with Crippen LogP contribution in [0.15, 0.2) is 0 Å². The van der Waals surface area contributed by atoms with E-state index in [1.54, 1.807) is 0 Å². The molecular weight excluding hydrogens is 230 g/mol. The fourth-order valence-corrected chi connectivity index (χ4v) is 2.58. The van der Waals surface area contributed by atoms with Crippen molar-refractivity contribution in [3.8, 4) is 0 Å². The average Bonchev–Trinajstić information content (AvgIpc) is 2.39. The summed E-state index contributed by atoms with van der Waals surface area (Å²) in [6.45, 7) is 3.62. The van der Waals surface area contributed by atoms with Crippen LogP contribution in [0, 0.1) is 5.92 Å². The van der Waals surface area contributed by atoms with Crippen LogP contribution in [0.2, 0.25) is 0 Å². The van der Waals surface area contributed by atoms with Crippen LogP contribution in [0.1, 0.15) is 51.9 Å². The Morgan fingerprint density at radius 1 is 1.44 bits per heavy atom. The van der Waals surface area contributed by atoms with Gasteiger partial charge in [-0.2, -0.15) is 0 Å². The topological polar surface area (TPSA) is 58.6 Å². The Morgan fingerprint density at radius 3 is 2.67 bits per heavy atom. The van der Waals surface area contributed by atoms with Gasteiger partial charge in [0.05, 0.1) is 12.7 Å². The Balaban J connectivity index is 2.10. The van der Waals surface area contributed by atoms with Gasteiger partial charge in [0, 0.05) is 13.0 Å². The van der Waals surface area contributed by atoms with Gasteiger partial charge in [-0.1, -0.05) is 13.3 Å². The summed E-state index contributed by atoms with van der Waals surface area (Å²) in [6.07, 6.45) is 6.50. The minimum atomic E-state index is -0.531. The van der Waals surface area contributed by atoms with Crippen LogP contribution in [-0.2, 0) is 9.53 Å². The van der Waals surface area contributed by atoms with Gasteiger partial charge in [-0.15, -0.1) is 0 Å². The van der Waals surface area contributed by atoms with Crippen LogP contribution in [0.3, 0.4) is 0 Å². The fourth-order valence-electron chi connectivity index (χ4n) is 2.58. The molecule has 0 aliphatic heterocycles. The predicted octanol–water partition coefficient (Wildman–Crippen LogP) is 1.86. The molecule has 1 aliphatic rings. The number of hydrogen-bond donors (Lipinski definition) is 2. The van der Waals surface area contributed by atoms with E-state index in [0.29, 0.717) is 13.0 Å². The van der Waals surface area contributed by atoms with E-state index in [9.17, 15) is 9.90 Å². The first-order valence-corrected chi connectivity index (χ1v) is 7.09. The number of hydrogen-bond acceptors (Lipinski definition) is 4. The molecule has 4 nitrogen and oxygen atoms in total. The summed E-state index contributed by atoms with van der Waals surface area (Å²) in [5.41, 5.74) is -0.531. The van der Waals surface area contributed by atoms with Gasteiger partial charge in [-0.05, 0) is 44.6 Å². The van der Waals surface area contributed by atoms with Crippen LogP contribution in [0.4, 0.5) is 0 Å². The summed E-state index contributed by atoms with van der Waals surface area (Å²) in [7, 11) is 1.41. The number of ether oxygens (including phenoxy) is 1. The predicted molar refractivity (Wildman–Crippen MR) is 71.3 cm³/mol. The summed E-state index contributed by atoms with van der Waals surface area (Å²) >= 11 is 0. The van der Waals surface area contributed by atoms with Gasteiger partial charge >= 0.3 is 5.97 Å². The minimum Gasteiger partial charge on any atom is -0.469 e. The van der Waals surface area contributed by atoms with Gasteiger partial charge in [-0.3, -0.25) is 4.79 Å². The lowest BCUT2D eigenvalue weighted by atomic mass is 9.78. The lowest BCUT2D eigenvalue weighted by Crippen LogP contribution is -2.43. The number of aliphatic hydroxyl groups is 1.